The molecule has 3 aromatic rings. The van der Waals surface area contributed by atoms with Gasteiger partial charge in [-0.2, -0.15) is 0 Å². The number of thiophene rings is 1. The van der Waals surface area contributed by atoms with E-state index in [2.05, 4.69) is 15.0 Å². The van der Waals surface area contributed by atoms with Gasteiger partial charge < -0.3 is 4.90 Å². The van der Waals surface area contributed by atoms with Crippen molar-refractivity contribution in [3.63, 3.8) is 0 Å². The second kappa shape index (κ2) is 5.49. The molecule has 3 rings (SSSR count). The van der Waals surface area contributed by atoms with E-state index in [1.807, 2.05) is 38.9 Å². The third kappa shape index (κ3) is 2.18. The lowest BCUT2D eigenvalue weighted by atomic mass is 10.3. The van der Waals surface area contributed by atoms with Crippen LogP contribution in [0.5, 0.6) is 0 Å². The largest absolute Gasteiger partial charge is 0.362 e. The molecule has 6 nitrogen and oxygen atoms in total. The van der Waals surface area contributed by atoms with Crippen LogP contribution in [0.4, 0.5) is 5.82 Å². The van der Waals surface area contributed by atoms with Crippen molar-refractivity contribution in [1.82, 2.24) is 19.5 Å². The fraction of sp³-hybridized carbons (Fsp3) is 0.333. The number of rotatable bonds is 3. The van der Waals surface area contributed by atoms with Gasteiger partial charge in [0.15, 0.2) is 0 Å². The van der Waals surface area contributed by atoms with Gasteiger partial charge in [-0.25, -0.2) is 15.0 Å². The quantitative estimate of drug-likeness (QED) is 0.743. The number of hydrogen-bond donors (Lipinski definition) is 0. The Bertz CT molecular complexity index is 938. The summed E-state index contributed by atoms with van der Waals surface area (Å²) in [5.74, 6) is 0.779. The predicted octanol–water partition coefficient (Wildman–Crippen LogP) is 2.74. The van der Waals surface area contributed by atoms with Gasteiger partial charge in [-0.3, -0.25) is 9.36 Å². The van der Waals surface area contributed by atoms with E-state index in [9.17, 15) is 4.79 Å². The normalized spacial score (nSPS) is 12.3. The lowest BCUT2D eigenvalue weighted by Gasteiger charge is -2.11. The van der Waals surface area contributed by atoms with Crippen molar-refractivity contribution in [2.24, 2.45) is 0 Å². The first kappa shape index (κ1) is 14.6. The summed E-state index contributed by atoms with van der Waals surface area (Å²) in [4.78, 5) is 28.5. The average Bonchev–Trinajstić information content (AvgIpc) is 2.87. The number of anilines is 1. The number of hydrogen-bond acceptors (Lipinski definition) is 6. The van der Waals surface area contributed by atoms with Gasteiger partial charge in [0.2, 0.25) is 0 Å². The minimum Gasteiger partial charge on any atom is -0.362 e. The van der Waals surface area contributed by atoms with Crippen molar-refractivity contribution in [3.8, 4) is 0 Å². The summed E-state index contributed by atoms with van der Waals surface area (Å²) in [7, 11) is 3.83. The Kier molecular flexibility index (Phi) is 3.66. The zero-order chi connectivity index (χ0) is 15.9. The van der Waals surface area contributed by atoms with Gasteiger partial charge in [-0.05, 0) is 13.3 Å². The monoisotopic (exact) mass is 315 g/mol. The highest BCUT2D eigenvalue weighted by atomic mass is 32.1. The van der Waals surface area contributed by atoms with Gasteiger partial charge in [-0.1, -0.05) is 13.0 Å². The molecule has 7 heteroatoms. The molecule has 0 aliphatic heterocycles. The third-order valence-corrected chi connectivity index (χ3v) is 4.54. The second-order valence-corrected chi connectivity index (χ2v) is 6.22. The Morgan fingerprint density at radius 1 is 1.36 bits per heavy atom. The van der Waals surface area contributed by atoms with Crippen LogP contribution in [0.2, 0.25) is 0 Å². The maximum Gasteiger partial charge on any atom is 0.275 e. The van der Waals surface area contributed by atoms with E-state index in [1.54, 1.807) is 10.9 Å². The molecule has 0 amide bonds. The molecule has 0 saturated carbocycles. The Morgan fingerprint density at radius 3 is 2.82 bits per heavy atom. The van der Waals surface area contributed by atoms with Crippen LogP contribution in [0.15, 0.2) is 23.5 Å². The maximum atomic E-state index is 12.7. The molecular weight excluding hydrogens is 298 g/mol. The van der Waals surface area contributed by atoms with Crippen molar-refractivity contribution in [2.75, 3.05) is 19.0 Å². The second-order valence-electron chi connectivity index (χ2n) is 5.23. The predicted molar refractivity (Wildman–Crippen MR) is 91.5 cm³/mol. The van der Waals surface area contributed by atoms with Gasteiger partial charge in [0.05, 0.1) is 5.39 Å². The molecule has 0 aromatic carbocycles. The van der Waals surface area contributed by atoms with E-state index in [-0.39, 0.29) is 5.56 Å². The van der Waals surface area contributed by atoms with Gasteiger partial charge in [0, 0.05) is 19.8 Å². The van der Waals surface area contributed by atoms with Gasteiger partial charge in [0.25, 0.3) is 5.56 Å². The lowest BCUT2D eigenvalue weighted by molar-refractivity contribution is 0.972. The molecule has 22 heavy (non-hydrogen) atoms. The number of nitrogens with zero attached hydrogens (tertiary/aromatic N) is 5. The molecule has 0 fully saturated rings. The highest BCUT2D eigenvalue weighted by Crippen LogP contribution is 2.33. The lowest BCUT2D eigenvalue weighted by Crippen LogP contribution is -2.18. The first-order chi connectivity index (χ1) is 10.5. The molecule has 0 aliphatic rings. The molecule has 0 spiro atoms. The van der Waals surface area contributed by atoms with Gasteiger partial charge in [-0.15, -0.1) is 11.3 Å². The van der Waals surface area contributed by atoms with Crippen molar-refractivity contribution in [2.45, 2.75) is 20.3 Å². The zero-order valence-electron chi connectivity index (χ0n) is 13.0. The molecule has 0 aliphatic carbocycles. The maximum absolute atomic E-state index is 12.7. The molecule has 0 N–H and O–H groups in total. The number of fused-ring (bicyclic) bond motifs is 3. The van der Waals surface area contributed by atoms with Crippen molar-refractivity contribution < 1.29 is 0 Å². The summed E-state index contributed by atoms with van der Waals surface area (Å²) in [6.45, 7) is 3.95. The van der Waals surface area contributed by atoms with Crippen LogP contribution in [0.1, 0.15) is 20.3 Å². The first-order valence-corrected chi connectivity index (χ1v) is 7.85. The smallest absolute Gasteiger partial charge is 0.275 e. The molecule has 3 aromatic heterocycles. The van der Waals surface area contributed by atoms with Crippen LogP contribution in [0.25, 0.3) is 26.1 Å². The van der Waals surface area contributed by atoms with E-state index in [1.165, 1.54) is 17.7 Å². The Labute approximate surface area is 131 Å². The van der Waals surface area contributed by atoms with Crippen LogP contribution in [0, 0.1) is 0 Å². The molecule has 3 heterocycles. The minimum atomic E-state index is -0.0556. The summed E-state index contributed by atoms with van der Waals surface area (Å²) in [6.07, 6.45) is 5.99. The summed E-state index contributed by atoms with van der Waals surface area (Å²) in [6, 6.07) is 0. The fourth-order valence-electron chi connectivity index (χ4n) is 2.43. The van der Waals surface area contributed by atoms with Crippen molar-refractivity contribution >= 4 is 43.3 Å². The van der Waals surface area contributed by atoms with E-state index in [0.717, 1.165) is 28.2 Å². The van der Waals surface area contributed by atoms with Crippen molar-refractivity contribution in [1.29, 1.82) is 0 Å². The van der Waals surface area contributed by atoms with Crippen LogP contribution in [-0.2, 0) is 0 Å². The van der Waals surface area contributed by atoms with Crippen LogP contribution in [0.3, 0.4) is 0 Å². The molecule has 0 bridgehead atoms. The number of aromatic nitrogens is 4. The minimum absolute atomic E-state index is 0.0556. The van der Waals surface area contributed by atoms with Crippen LogP contribution >= 0.6 is 11.3 Å². The van der Waals surface area contributed by atoms with E-state index in [4.69, 9.17) is 0 Å². The topological polar surface area (TPSA) is 63.9 Å². The summed E-state index contributed by atoms with van der Waals surface area (Å²) in [5.41, 5.74) is 1.51. The third-order valence-electron chi connectivity index (χ3n) is 3.46. The van der Waals surface area contributed by atoms with Gasteiger partial charge >= 0.3 is 0 Å². The van der Waals surface area contributed by atoms with E-state index >= 15 is 0 Å². The molecule has 0 atom stereocenters. The highest BCUT2D eigenvalue weighted by molar-refractivity contribution is 7.25. The van der Waals surface area contributed by atoms with Crippen LogP contribution in [-0.4, -0.2) is 33.6 Å². The molecule has 0 unspecified atom stereocenters. The van der Waals surface area contributed by atoms with Gasteiger partial charge in [0.1, 0.15) is 33.5 Å². The Hall–Kier alpha value is -2.28. The number of allylic oxidation sites excluding steroid dienone is 2. The fourth-order valence-corrected chi connectivity index (χ4v) is 3.45. The zero-order valence-corrected chi connectivity index (χ0v) is 13.8. The highest BCUT2D eigenvalue weighted by Gasteiger charge is 2.17. The molecule has 0 radical (unpaired) electrons. The Balaban J connectivity index is 2.39. The van der Waals surface area contributed by atoms with E-state index < -0.39 is 0 Å². The van der Waals surface area contributed by atoms with Crippen LogP contribution < -0.4 is 10.5 Å². The summed E-state index contributed by atoms with van der Waals surface area (Å²) in [5, 5.41) is 0.842. The van der Waals surface area contributed by atoms with E-state index in [0.29, 0.717) is 10.2 Å². The average molecular weight is 315 g/mol. The molecule has 114 valence electrons. The SMILES string of the molecule is CC/C=C(\C)n1cnc2c(sc3ncnc(N(C)C)c32)c1=O. The molecule has 0 saturated heterocycles. The summed E-state index contributed by atoms with van der Waals surface area (Å²) < 4.78 is 2.20. The van der Waals surface area contributed by atoms with Crippen molar-refractivity contribution in [3.05, 3.63) is 29.1 Å². The molecular formula is C15H17N5OS. The first-order valence-electron chi connectivity index (χ1n) is 7.04. The summed E-state index contributed by atoms with van der Waals surface area (Å²) >= 11 is 1.37. The Morgan fingerprint density at radius 2 is 2.14 bits per heavy atom. The standard InChI is InChI=1S/C15H17N5OS/c1-5-6-9(2)20-8-18-11-10-13(19(3)4)16-7-17-14(10)22-12(11)15(20)21/h6-8H,5H2,1-4H3/b9-6+.